The molecule has 2 amide bonds. The van der Waals surface area contributed by atoms with Crippen LogP contribution in [0.25, 0.3) is 0 Å². The zero-order valence-corrected chi connectivity index (χ0v) is 15.7. The summed E-state index contributed by atoms with van der Waals surface area (Å²) in [6.07, 6.45) is 3.36. The van der Waals surface area contributed by atoms with E-state index in [9.17, 15) is 9.59 Å². The van der Waals surface area contributed by atoms with Gasteiger partial charge in [-0.2, -0.15) is 0 Å². The van der Waals surface area contributed by atoms with Crippen LogP contribution in [0.15, 0.2) is 47.1 Å². The molecule has 2 aromatic rings. The molecule has 7 heteroatoms. The van der Waals surface area contributed by atoms with E-state index in [1.165, 1.54) is 6.26 Å². The molecule has 1 aromatic carbocycles. The number of hydrogen-bond donors (Lipinski definition) is 0. The van der Waals surface area contributed by atoms with Crippen molar-refractivity contribution in [2.75, 3.05) is 39.5 Å². The largest absolute Gasteiger partial charge is 0.491 e. The maximum atomic E-state index is 12.5. The van der Waals surface area contributed by atoms with Gasteiger partial charge in [0.05, 0.1) is 25.5 Å². The summed E-state index contributed by atoms with van der Waals surface area (Å²) in [6, 6.07) is 10.6. The SMILES string of the molecule is O=C(c1ccc(OCC2CCCN2C(=O)c2ccco2)cc1)N1CCOCC1. The number of benzene rings is 1. The fraction of sp³-hybridized carbons (Fsp3) is 0.429. The number of amides is 2. The van der Waals surface area contributed by atoms with Crippen molar-refractivity contribution in [3.8, 4) is 5.75 Å². The third-order valence-electron chi connectivity index (χ3n) is 5.21. The van der Waals surface area contributed by atoms with E-state index in [1.807, 2.05) is 4.90 Å². The molecule has 1 aromatic heterocycles. The second-order valence-corrected chi connectivity index (χ2v) is 7.01. The van der Waals surface area contributed by atoms with E-state index < -0.39 is 0 Å². The average molecular weight is 384 g/mol. The minimum Gasteiger partial charge on any atom is -0.491 e. The summed E-state index contributed by atoms with van der Waals surface area (Å²) in [7, 11) is 0. The number of nitrogens with zero attached hydrogens (tertiary/aromatic N) is 2. The Bertz CT molecular complexity index is 797. The number of furan rings is 1. The first-order chi connectivity index (χ1) is 13.7. The Labute approximate surface area is 163 Å². The number of hydrogen-bond acceptors (Lipinski definition) is 5. The van der Waals surface area contributed by atoms with Gasteiger partial charge in [0.2, 0.25) is 0 Å². The predicted octanol–water partition coefficient (Wildman–Crippen LogP) is 2.44. The minimum absolute atomic E-state index is 0.0147. The summed E-state index contributed by atoms with van der Waals surface area (Å²) in [5.74, 6) is 0.970. The first kappa shape index (κ1) is 18.6. The Morgan fingerprint density at radius 1 is 1.04 bits per heavy atom. The van der Waals surface area contributed by atoms with Gasteiger partial charge < -0.3 is 23.7 Å². The highest BCUT2D eigenvalue weighted by atomic mass is 16.5. The van der Waals surface area contributed by atoms with Crippen molar-refractivity contribution in [2.24, 2.45) is 0 Å². The van der Waals surface area contributed by atoms with Crippen LogP contribution in [0.2, 0.25) is 0 Å². The van der Waals surface area contributed by atoms with Gasteiger partial charge in [-0.3, -0.25) is 9.59 Å². The van der Waals surface area contributed by atoms with Gasteiger partial charge in [0.15, 0.2) is 5.76 Å². The van der Waals surface area contributed by atoms with Gasteiger partial charge in [-0.25, -0.2) is 0 Å². The summed E-state index contributed by atoms with van der Waals surface area (Å²) in [6.45, 7) is 3.55. The molecular formula is C21H24N2O5. The Morgan fingerprint density at radius 2 is 1.82 bits per heavy atom. The maximum Gasteiger partial charge on any atom is 0.289 e. The maximum absolute atomic E-state index is 12.5. The normalized spacial score (nSPS) is 19.6. The molecule has 0 spiro atoms. The number of likely N-dealkylation sites (tertiary alicyclic amines) is 1. The Balaban J connectivity index is 1.33. The summed E-state index contributed by atoms with van der Waals surface area (Å²) in [4.78, 5) is 28.6. The van der Waals surface area contributed by atoms with Crippen molar-refractivity contribution in [3.63, 3.8) is 0 Å². The molecule has 0 aliphatic carbocycles. The van der Waals surface area contributed by atoms with Crippen molar-refractivity contribution >= 4 is 11.8 Å². The predicted molar refractivity (Wildman–Crippen MR) is 101 cm³/mol. The molecule has 0 saturated carbocycles. The van der Waals surface area contributed by atoms with Crippen LogP contribution in [0.1, 0.15) is 33.8 Å². The first-order valence-corrected chi connectivity index (χ1v) is 9.67. The molecule has 4 rings (SSSR count). The molecule has 0 bridgehead atoms. The molecular weight excluding hydrogens is 360 g/mol. The van der Waals surface area contributed by atoms with Crippen LogP contribution in [0.4, 0.5) is 0 Å². The molecule has 2 aliphatic heterocycles. The van der Waals surface area contributed by atoms with E-state index in [1.54, 1.807) is 41.3 Å². The lowest BCUT2D eigenvalue weighted by Crippen LogP contribution is -2.40. The third-order valence-corrected chi connectivity index (χ3v) is 5.21. The molecule has 2 saturated heterocycles. The molecule has 2 aliphatic rings. The van der Waals surface area contributed by atoms with Gasteiger partial charge in [-0.05, 0) is 49.2 Å². The molecule has 0 N–H and O–H groups in total. The van der Waals surface area contributed by atoms with Crippen LogP contribution < -0.4 is 4.74 Å². The second-order valence-electron chi connectivity index (χ2n) is 7.01. The molecule has 3 heterocycles. The Kier molecular flexibility index (Phi) is 5.62. The van der Waals surface area contributed by atoms with Gasteiger partial charge in [-0.15, -0.1) is 0 Å². The molecule has 2 fully saturated rings. The standard InChI is InChI=1S/C21H24N2O5/c24-20(22-10-13-26-14-11-22)16-5-7-18(8-6-16)28-15-17-3-1-9-23(17)21(25)19-4-2-12-27-19/h2,4-8,12,17H,1,3,9-11,13-15H2. The zero-order chi connectivity index (χ0) is 19.3. The number of morpholine rings is 1. The summed E-state index contributed by atoms with van der Waals surface area (Å²) in [5, 5.41) is 0. The van der Waals surface area contributed by atoms with Gasteiger partial charge in [-0.1, -0.05) is 0 Å². The summed E-state index contributed by atoms with van der Waals surface area (Å²) < 4.78 is 16.4. The topological polar surface area (TPSA) is 72.2 Å². The smallest absolute Gasteiger partial charge is 0.289 e. The fourth-order valence-corrected chi connectivity index (χ4v) is 3.65. The van der Waals surface area contributed by atoms with Crippen molar-refractivity contribution in [2.45, 2.75) is 18.9 Å². The fourth-order valence-electron chi connectivity index (χ4n) is 3.65. The van der Waals surface area contributed by atoms with Crippen LogP contribution in [-0.4, -0.2) is 67.1 Å². The van der Waals surface area contributed by atoms with Crippen molar-refractivity contribution < 1.29 is 23.5 Å². The van der Waals surface area contributed by atoms with Gasteiger partial charge in [0, 0.05) is 25.2 Å². The third kappa shape index (κ3) is 4.04. The zero-order valence-electron chi connectivity index (χ0n) is 15.7. The van der Waals surface area contributed by atoms with Crippen molar-refractivity contribution in [3.05, 3.63) is 54.0 Å². The van der Waals surface area contributed by atoms with Gasteiger partial charge in [0.1, 0.15) is 12.4 Å². The van der Waals surface area contributed by atoms with Crippen LogP contribution in [0, 0.1) is 0 Å². The number of carbonyl (C=O) groups excluding carboxylic acids is 2. The van der Waals surface area contributed by atoms with E-state index >= 15 is 0 Å². The van der Waals surface area contributed by atoms with Crippen molar-refractivity contribution in [1.29, 1.82) is 0 Å². The summed E-state index contributed by atoms with van der Waals surface area (Å²) >= 11 is 0. The molecule has 1 unspecified atom stereocenters. The van der Waals surface area contributed by atoms with Crippen LogP contribution >= 0.6 is 0 Å². The molecule has 7 nitrogen and oxygen atoms in total. The van der Waals surface area contributed by atoms with Gasteiger partial charge in [0.25, 0.3) is 11.8 Å². The second kappa shape index (κ2) is 8.48. The quantitative estimate of drug-likeness (QED) is 0.792. The highest BCUT2D eigenvalue weighted by molar-refractivity contribution is 5.94. The van der Waals surface area contributed by atoms with Crippen LogP contribution in [0.3, 0.4) is 0 Å². The Morgan fingerprint density at radius 3 is 2.54 bits per heavy atom. The van der Waals surface area contributed by atoms with E-state index in [4.69, 9.17) is 13.9 Å². The van der Waals surface area contributed by atoms with Crippen molar-refractivity contribution in [1.82, 2.24) is 9.80 Å². The lowest BCUT2D eigenvalue weighted by atomic mass is 10.2. The molecule has 1 atom stereocenters. The van der Waals surface area contributed by atoms with E-state index in [0.29, 0.717) is 56.5 Å². The monoisotopic (exact) mass is 384 g/mol. The minimum atomic E-state index is -0.0949. The number of carbonyl (C=O) groups is 2. The highest BCUT2D eigenvalue weighted by Gasteiger charge is 2.31. The van der Waals surface area contributed by atoms with Crippen LogP contribution in [0.5, 0.6) is 5.75 Å². The lowest BCUT2D eigenvalue weighted by Gasteiger charge is -2.27. The first-order valence-electron chi connectivity index (χ1n) is 9.67. The van der Waals surface area contributed by atoms with E-state index in [0.717, 1.165) is 12.8 Å². The Hall–Kier alpha value is -2.80. The molecule has 28 heavy (non-hydrogen) atoms. The average Bonchev–Trinajstić information content (AvgIpc) is 3.44. The highest BCUT2D eigenvalue weighted by Crippen LogP contribution is 2.22. The number of rotatable bonds is 5. The molecule has 148 valence electrons. The summed E-state index contributed by atoms with van der Waals surface area (Å²) in [5.41, 5.74) is 0.643. The van der Waals surface area contributed by atoms with E-state index in [2.05, 4.69) is 0 Å². The van der Waals surface area contributed by atoms with E-state index in [-0.39, 0.29) is 17.9 Å². The molecule has 0 radical (unpaired) electrons. The lowest BCUT2D eigenvalue weighted by molar-refractivity contribution is 0.0303. The van der Waals surface area contributed by atoms with Gasteiger partial charge >= 0.3 is 0 Å². The number of ether oxygens (including phenoxy) is 2. The van der Waals surface area contributed by atoms with Crippen LogP contribution in [-0.2, 0) is 4.74 Å².